The van der Waals surface area contributed by atoms with Gasteiger partial charge in [0.15, 0.2) is 0 Å². The molecule has 0 bridgehead atoms. The van der Waals surface area contributed by atoms with E-state index in [9.17, 15) is 14.4 Å². The first-order valence-electron chi connectivity index (χ1n) is 5.37. The number of rotatable bonds is 3. The summed E-state index contributed by atoms with van der Waals surface area (Å²) < 4.78 is 0. The third kappa shape index (κ3) is 2.06. The monoisotopic (exact) mass is 226 g/mol. The standard InChI is InChI=1S/C10H14N2O4/c13-7-5-11(6-7)8(14)3-4-12-9(15)1-2-10(12)16/h7,13H,1-6H2. The number of nitrogens with zero attached hydrogens (tertiary/aromatic N) is 2. The minimum Gasteiger partial charge on any atom is -0.389 e. The number of carbonyl (C=O) groups excluding carboxylic acids is 3. The lowest BCUT2D eigenvalue weighted by atomic mass is 10.1. The Kier molecular flexibility index (Phi) is 2.91. The topological polar surface area (TPSA) is 77.9 Å². The van der Waals surface area contributed by atoms with Crippen molar-refractivity contribution in [1.82, 2.24) is 9.80 Å². The van der Waals surface area contributed by atoms with Crippen LogP contribution in [0.1, 0.15) is 19.3 Å². The van der Waals surface area contributed by atoms with Crippen molar-refractivity contribution in [2.75, 3.05) is 19.6 Å². The van der Waals surface area contributed by atoms with Crippen LogP contribution in [0, 0.1) is 0 Å². The lowest BCUT2D eigenvalue weighted by Crippen LogP contribution is -2.54. The molecular weight excluding hydrogens is 212 g/mol. The summed E-state index contributed by atoms with van der Waals surface area (Å²) in [5, 5.41) is 9.02. The second kappa shape index (κ2) is 4.21. The Hall–Kier alpha value is -1.43. The van der Waals surface area contributed by atoms with E-state index in [2.05, 4.69) is 0 Å². The second-order valence-electron chi connectivity index (χ2n) is 4.14. The van der Waals surface area contributed by atoms with Gasteiger partial charge in [0.2, 0.25) is 17.7 Å². The summed E-state index contributed by atoms with van der Waals surface area (Å²) in [6.07, 6.45) is 0.258. The van der Waals surface area contributed by atoms with Crippen LogP contribution in [0.4, 0.5) is 0 Å². The summed E-state index contributed by atoms with van der Waals surface area (Å²) in [5.74, 6) is -0.499. The first-order chi connectivity index (χ1) is 7.58. The molecule has 2 aliphatic heterocycles. The van der Waals surface area contributed by atoms with E-state index in [4.69, 9.17) is 5.11 Å². The highest BCUT2D eigenvalue weighted by molar-refractivity contribution is 6.02. The highest BCUT2D eigenvalue weighted by Gasteiger charge is 2.32. The lowest BCUT2D eigenvalue weighted by Gasteiger charge is -2.36. The number of aliphatic hydroxyl groups is 1. The van der Waals surface area contributed by atoms with E-state index in [1.165, 1.54) is 4.90 Å². The zero-order valence-electron chi connectivity index (χ0n) is 8.89. The Bertz CT molecular complexity index is 320. The van der Waals surface area contributed by atoms with E-state index in [1.807, 2.05) is 0 Å². The third-order valence-electron chi connectivity index (χ3n) is 2.92. The molecule has 0 saturated carbocycles. The minimum atomic E-state index is -0.418. The predicted molar refractivity (Wildman–Crippen MR) is 53.2 cm³/mol. The summed E-state index contributed by atoms with van der Waals surface area (Å²) in [4.78, 5) is 36.7. The summed E-state index contributed by atoms with van der Waals surface area (Å²) in [7, 11) is 0. The van der Waals surface area contributed by atoms with Crippen molar-refractivity contribution >= 4 is 17.7 Å². The molecule has 6 heteroatoms. The molecule has 1 N–H and O–H groups in total. The van der Waals surface area contributed by atoms with Gasteiger partial charge in [-0.2, -0.15) is 0 Å². The van der Waals surface area contributed by atoms with Crippen LogP contribution in [-0.4, -0.2) is 58.4 Å². The maximum Gasteiger partial charge on any atom is 0.229 e. The zero-order valence-corrected chi connectivity index (χ0v) is 8.89. The predicted octanol–water partition coefficient (Wildman–Crippen LogP) is -1.27. The molecule has 3 amide bonds. The first-order valence-corrected chi connectivity index (χ1v) is 5.37. The summed E-state index contributed by atoms with van der Waals surface area (Å²) in [6, 6.07) is 0. The van der Waals surface area contributed by atoms with Crippen molar-refractivity contribution in [3.05, 3.63) is 0 Å². The van der Waals surface area contributed by atoms with Crippen LogP contribution in [0.3, 0.4) is 0 Å². The molecule has 0 atom stereocenters. The van der Waals surface area contributed by atoms with Crippen LogP contribution in [0.25, 0.3) is 0 Å². The fourth-order valence-corrected chi connectivity index (χ4v) is 1.90. The maximum absolute atomic E-state index is 11.5. The molecule has 0 unspecified atom stereocenters. The van der Waals surface area contributed by atoms with E-state index in [0.717, 1.165) is 4.90 Å². The van der Waals surface area contributed by atoms with E-state index in [-0.39, 0.29) is 43.5 Å². The van der Waals surface area contributed by atoms with E-state index in [1.54, 1.807) is 0 Å². The van der Waals surface area contributed by atoms with Gasteiger partial charge in [-0.05, 0) is 0 Å². The molecule has 0 aromatic carbocycles. The fraction of sp³-hybridized carbons (Fsp3) is 0.700. The molecule has 88 valence electrons. The van der Waals surface area contributed by atoms with Crippen molar-refractivity contribution in [3.8, 4) is 0 Å². The molecule has 2 heterocycles. The summed E-state index contributed by atoms with van der Waals surface area (Å²) in [5.41, 5.74) is 0. The number of carbonyl (C=O) groups is 3. The van der Waals surface area contributed by atoms with Crippen molar-refractivity contribution in [3.63, 3.8) is 0 Å². The molecule has 0 radical (unpaired) electrons. The van der Waals surface area contributed by atoms with Gasteiger partial charge in [-0.15, -0.1) is 0 Å². The summed E-state index contributed by atoms with van der Waals surface area (Å²) >= 11 is 0. The van der Waals surface area contributed by atoms with Gasteiger partial charge >= 0.3 is 0 Å². The van der Waals surface area contributed by atoms with Crippen LogP contribution >= 0.6 is 0 Å². The van der Waals surface area contributed by atoms with E-state index in [0.29, 0.717) is 13.1 Å². The van der Waals surface area contributed by atoms with Gasteiger partial charge in [-0.3, -0.25) is 19.3 Å². The van der Waals surface area contributed by atoms with Crippen LogP contribution < -0.4 is 0 Å². The Morgan fingerprint density at radius 1 is 1.25 bits per heavy atom. The number of likely N-dealkylation sites (tertiary alicyclic amines) is 2. The average molecular weight is 226 g/mol. The minimum absolute atomic E-state index is 0.113. The Labute approximate surface area is 92.8 Å². The van der Waals surface area contributed by atoms with Gasteiger partial charge in [0.05, 0.1) is 6.10 Å². The average Bonchev–Trinajstić information content (AvgIpc) is 2.51. The van der Waals surface area contributed by atoms with Crippen molar-refractivity contribution < 1.29 is 19.5 Å². The van der Waals surface area contributed by atoms with Crippen LogP contribution in [0.15, 0.2) is 0 Å². The van der Waals surface area contributed by atoms with Crippen LogP contribution in [0.2, 0.25) is 0 Å². The smallest absolute Gasteiger partial charge is 0.229 e. The molecule has 2 saturated heterocycles. The third-order valence-corrected chi connectivity index (χ3v) is 2.92. The lowest BCUT2D eigenvalue weighted by molar-refractivity contribution is -0.143. The van der Waals surface area contributed by atoms with Gasteiger partial charge in [0.25, 0.3) is 0 Å². The zero-order chi connectivity index (χ0) is 11.7. The van der Waals surface area contributed by atoms with Gasteiger partial charge in [0.1, 0.15) is 0 Å². The van der Waals surface area contributed by atoms with Gasteiger partial charge < -0.3 is 10.0 Å². The fourth-order valence-electron chi connectivity index (χ4n) is 1.90. The number of β-amino-alcohol motifs (C(OH)–C–C–N with tert-alkyl or cyclic N) is 1. The molecule has 2 rings (SSSR count). The van der Waals surface area contributed by atoms with E-state index < -0.39 is 6.10 Å². The van der Waals surface area contributed by atoms with Crippen molar-refractivity contribution in [2.24, 2.45) is 0 Å². The number of aliphatic hydroxyl groups excluding tert-OH is 1. The van der Waals surface area contributed by atoms with Crippen molar-refractivity contribution in [1.29, 1.82) is 0 Å². The highest BCUT2D eigenvalue weighted by Crippen LogP contribution is 2.14. The molecular formula is C10H14N2O4. The van der Waals surface area contributed by atoms with Gasteiger partial charge in [-0.1, -0.05) is 0 Å². The number of hydrogen-bond donors (Lipinski definition) is 1. The first kappa shape index (κ1) is 11.1. The van der Waals surface area contributed by atoms with E-state index >= 15 is 0 Å². The largest absolute Gasteiger partial charge is 0.389 e. The molecule has 0 aromatic heterocycles. The molecule has 0 aliphatic carbocycles. The maximum atomic E-state index is 11.5. The normalized spacial score (nSPS) is 21.6. The quantitative estimate of drug-likeness (QED) is 0.608. The number of hydrogen-bond acceptors (Lipinski definition) is 4. The number of imide groups is 1. The molecule has 2 aliphatic rings. The summed E-state index contributed by atoms with van der Waals surface area (Å²) in [6.45, 7) is 0.893. The van der Waals surface area contributed by atoms with Crippen LogP contribution in [-0.2, 0) is 14.4 Å². The van der Waals surface area contributed by atoms with Crippen molar-refractivity contribution in [2.45, 2.75) is 25.4 Å². The molecule has 16 heavy (non-hydrogen) atoms. The Morgan fingerprint density at radius 3 is 2.31 bits per heavy atom. The second-order valence-corrected chi connectivity index (χ2v) is 4.14. The Balaban J connectivity index is 1.77. The Morgan fingerprint density at radius 2 is 1.81 bits per heavy atom. The highest BCUT2D eigenvalue weighted by atomic mass is 16.3. The molecule has 2 fully saturated rings. The van der Waals surface area contributed by atoms with Crippen LogP contribution in [0.5, 0.6) is 0 Å². The molecule has 0 aromatic rings. The molecule has 0 spiro atoms. The van der Waals surface area contributed by atoms with Gasteiger partial charge in [-0.25, -0.2) is 0 Å². The molecule has 6 nitrogen and oxygen atoms in total. The SMILES string of the molecule is O=C(CCN1C(=O)CCC1=O)N1CC(O)C1. The number of amides is 3. The van der Waals surface area contributed by atoms with Gasteiger partial charge in [0, 0.05) is 38.9 Å².